The summed E-state index contributed by atoms with van der Waals surface area (Å²) in [5, 5.41) is 10.0. The molecule has 1 N–H and O–H groups in total. The van der Waals surface area contributed by atoms with Gasteiger partial charge in [-0.05, 0) is 42.0 Å². The molecule has 1 atom stereocenters. The van der Waals surface area contributed by atoms with E-state index in [-0.39, 0.29) is 12.5 Å². The summed E-state index contributed by atoms with van der Waals surface area (Å²) in [6, 6.07) is 6.06. The molecular formula is C14H21ClO. The average molecular weight is 241 g/mol. The molecule has 0 saturated carbocycles. The predicted molar refractivity (Wildman–Crippen MR) is 70.3 cm³/mol. The smallest absolute Gasteiger partial charge is 0.0497 e. The van der Waals surface area contributed by atoms with Crippen LogP contribution in [0.5, 0.6) is 0 Å². The van der Waals surface area contributed by atoms with E-state index < -0.39 is 0 Å². The molecule has 0 radical (unpaired) electrons. The molecule has 1 aromatic carbocycles. The molecule has 0 aliphatic heterocycles. The van der Waals surface area contributed by atoms with Gasteiger partial charge in [-0.25, -0.2) is 0 Å². The number of halogens is 1. The van der Waals surface area contributed by atoms with Crippen molar-refractivity contribution in [2.75, 3.05) is 6.61 Å². The van der Waals surface area contributed by atoms with Crippen molar-refractivity contribution in [3.8, 4) is 0 Å². The number of hydrogen-bond acceptors (Lipinski definition) is 1. The van der Waals surface area contributed by atoms with Gasteiger partial charge in [0, 0.05) is 17.5 Å². The summed E-state index contributed by atoms with van der Waals surface area (Å²) in [7, 11) is 0. The topological polar surface area (TPSA) is 20.2 Å². The molecule has 1 rings (SSSR count). The molecule has 1 aromatic rings. The lowest BCUT2D eigenvalue weighted by Crippen LogP contribution is -2.07. The minimum absolute atomic E-state index is 0.161. The maximum atomic E-state index is 9.29. The lowest BCUT2D eigenvalue weighted by atomic mass is 9.86. The highest BCUT2D eigenvalue weighted by Crippen LogP contribution is 2.32. The lowest BCUT2D eigenvalue weighted by Gasteiger charge is -2.21. The van der Waals surface area contributed by atoms with Crippen molar-refractivity contribution in [1.29, 1.82) is 0 Å². The van der Waals surface area contributed by atoms with E-state index in [1.54, 1.807) is 0 Å². The quantitative estimate of drug-likeness (QED) is 0.812. The Labute approximate surface area is 103 Å². The Morgan fingerprint density at radius 2 is 1.81 bits per heavy atom. The van der Waals surface area contributed by atoms with E-state index in [0.29, 0.717) is 5.92 Å². The molecule has 0 saturated heterocycles. The van der Waals surface area contributed by atoms with Crippen molar-refractivity contribution in [3.63, 3.8) is 0 Å². The molecule has 0 spiro atoms. The highest BCUT2D eigenvalue weighted by Gasteiger charge is 2.16. The second-order valence-corrected chi connectivity index (χ2v) is 4.81. The van der Waals surface area contributed by atoms with Crippen LogP contribution >= 0.6 is 11.6 Å². The molecule has 0 aliphatic carbocycles. The van der Waals surface area contributed by atoms with E-state index in [0.717, 1.165) is 17.9 Å². The minimum atomic E-state index is 0.161. The Morgan fingerprint density at radius 1 is 1.19 bits per heavy atom. The van der Waals surface area contributed by atoms with Crippen LogP contribution in [0, 0.1) is 0 Å². The van der Waals surface area contributed by atoms with Crippen molar-refractivity contribution in [1.82, 2.24) is 0 Å². The van der Waals surface area contributed by atoms with Crippen LogP contribution in [0.3, 0.4) is 0 Å². The summed E-state index contributed by atoms with van der Waals surface area (Å²) in [5.74, 6) is 0.732. The van der Waals surface area contributed by atoms with E-state index in [2.05, 4.69) is 19.9 Å². The second-order valence-electron chi connectivity index (χ2n) is 4.37. The fourth-order valence-corrected chi connectivity index (χ4v) is 2.35. The highest BCUT2D eigenvalue weighted by atomic mass is 35.5. The van der Waals surface area contributed by atoms with Crippen LogP contribution in [-0.4, -0.2) is 11.7 Å². The molecule has 1 nitrogen and oxygen atoms in total. The van der Waals surface area contributed by atoms with Crippen molar-refractivity contribution < 1.29 is 5.11 Å². The van der Waals surface area contributed by atoms with Gasteiger partial charge >= 0.3 is 0 Å². The van der Waals surface area contributed by atoms with Crippen molar-refractivity contribution in [2.45, 2.75) is 45.4 Å². The third-order valence-corrected chi connectivity index (χ3v) is 3.51. The lowest BCUT2D eigenvalue weighted by molar-refractivity contribution is 0.272. The van der Waals surface area contributed by atoms with Crippen LogP contribution < -0.4 is 0 Å². The van der Waals surface area contributed by atoms with Gasteiger partial charge in [-0.3, -0.25) is 0 Å². The van der Waals surface area contributed by atoms with Gasteiger partial charge in [-0.2, -0.15) is 0 Å². The van der Waals surface area contributed by atoms with Gasteiger partial charge in [-0.1, -0.05) is 38.4 Å². The zero-order chi connectivity index (χ0) is 12.1. The zero-order valence-electron chi connectivity index (χ0n) is 10.3. The number of hydrogen-bond donors (Lipinski definition) is 1. The summed E-state index contributed by atoms with van der Waals surface area (Å²) in [6.07, 6.45) is 2.26. The van der Waals surface area contributed by atoms with E-state index >= 15 is 0 Å². The predicted octanol–water partition coefficient (Wildman–Crippen LogP) is 4.34. The fourth-order valence-electron chi connectivity index (χ4n) is 2.17. The summed E-state index contributed by atoms with van der Waals surface area (Å²) in [4.78, 5) is 0. The maximum absolute atomic E-state index is 9.29. The second kappa shape index (κ2) is 6.27. The molecular weight excluding hydrogens is 220 g/mol. The Morgan fingerprint density at radius 3 is 2.31 bits per heavy atom. The van der Waals surface area contributed by atoms with Gasteiger partial charge in [0.2, 0.25) is 0 Å². The monoisotopic (exact) mass is 240 g/mol. The third-order valence-electron chi connectivity index (χ3n) is 3.28. The molecule has 90 valence electrons. The Kier molecular flexibility index (Phi) is 5.30. The summed E-state index contributed by atoms with van der Waals surface area (Å²) in [6.45, 7) is 6.62. The van der Waals surface area contributed by atoms with Crippen molar-refractivity contribution >= 4 is 11.6 Å². The molecule has 0 bridgehead atoms. The summed E-state index contributed by atoms with van der Waals surface area (Å²) in [5.41, 5.74) is 2.54. The van der Waals surface area contributed by atoms with Crippen LogP contribution in [-0.2, 0) is 0 Å². The molecule has 0 aliphatic rings. The largest absolute Gasteiger partial charge is 0.396 e. The number of rotatable bonds is 5. The summed E-state index contributed by atoms with van der Waals surface area (Å²) < 4.78 is 0. The van der Waals surface area contributed by atoms with Crippen LogP contribution in [0.2, 0.25) is 5.02 Å². The molecule has 2 heteroatoms. The van der Waals surface area contributed by atoms with Crippen LogP contribution in [0.25, 0.3) is 0 Å². The third kappa shape index (κ3) is 2.99. The maximum Gasteiger partial charge on any atom is 0.0497 e. The molecule has 0 aromatic heterocycles. The van der Waals surface area contributed by atoms with Gasteiger partial charge in [0.15, 0.2) is 0 Å². The summed E-state index contributed by atoms with van der Waals surface area (Å²) >= 11 is 6.03. The van der Waals surface area contributed by atoms with Crippen LogP contribution in [0.4, 0.5) is 0 Å². The van der Waals surface area contributed by atoms with Crippen molar-refractivity contribution in [3.05, 3.63) is 34.3 Å². The molecule has 16 heavy (non-hydrogen) atoms. The first-order valence-electron chi connectivity index (χ1n) is 6.04. The number of benzene rings is 1. The van der Waals surface area contributed by atoms with Crippen molar-refractivity contribution in [2.24, 2.45) is 0 Å². The number of aliphatic hydroxyl groups excluding tert-OH is 1. The standard InChI is InChI=1S/C14H21ClO/c1-4-11(5-2)13-7-6-12(15)8-14(13)10(3)9-16/h6-8,10-11,16H,4-5,9H2,1-3H3. The van der Waals surface area contributed by atoms with Crippen LogP contribution in [0.1, 0.15) is 56.6 Å². The van der Waals surface area contributed by atoms with E-state index in [9.17, 15) is 5.11 Å². The molecule has 1 unspecified atom stereocenters. The molecule has 0 heterocycles. The van der Waals surface area contributed by atoms with Gasteiger partial charge in [0.05, 0.1) is 0 Å². The highest BCUT2D eigenvalue weighted by molar-refractivity contribution is 6.30. The minimum Gasteiger partial charge on any atom is -0.396 e. The van der Waals surface area contributed by atoms with Gasteiger partial charge < -0.3 is 5.11 Å². The Balaban J connectivity index is 3.16. The van der Waals surface area contributed by atoms with E-state index in [1.165, 1.54) is 11.1 Å². The van der Waals surface area contributed by atoms with Crippen LogP contribution in [0.15, 0.2) is 18.2 Å². The first-order chi connectivity index (χ1) is 7.63. The normalized spacial score (nSPS) is 13.1. The molecule has 0 amide bonds. The first kappa shape index (κ1) is 13.5. The average Bonchev–Trinajstić information content (AvgIpc) is 2.31. The SMILES string of the molecule is CCC(CC)c1ccc(Cl)cc1C(C)CO. The molecule has 0 fully saturated rings. The van der Waals surface area contributed by atoms with E-state index in [4.69, 9.17) is 11.6 Å². The van der Waals surface area contributed by atoms with Gasteiger partial charge in [0.25, 0.3) is 0 Å². The van der Waals surface area contributed by atoms with E-state index in [1.807, 2.05) is 19.1 Å². The number of aliphatic hydroxyl groups is 1. The first-order valence-corrected chi connectivity index (χ1v) is 6.41. The fraction of sp³-hybridized carbons (Fsp3) is 0.571. The Hall–Kier alpha value is -0.530. The Bertz CT molecular complexity index is 332. The van der Waals surface area contributed by atoms with Gasteiger partial charge in [0.1, 0.15) is 0 Å². The van der Waals surface area contributed by atoms with Gasteiger partial charge in [-0.15, -0.1) is 0 Å². The zero-order valence-corrected chi connectivity index (χ0v) is 11.1.